The van der Waals surface area contributed by atoms with Crippen LogP contribution in [0.1, 0.15) is 11.1 Å². The lowest BCUT2D eigenvalue weighted by molar-refractivity contribution is -0.149. The molecule has 0 fully saturated rings. The van der Waals surface area contributed by atoms with Crippen molar-refractivity contribution in [2.75, 3.05) is 0 Å². The molecule has 0 radical (unpaired) electrons. The molecule has 1 aliphatic heterocycles. The SMILES string of the molecule is O=C1OC(=O)C(c2ccc3nsnc3c2)=C1c1ccccc1. The zero-order chi connectivity index (χ0) is 15.1. The summed E-state index contributed by atoms with van der Waals surface area (Å²) in [5.41, 5.74) is 3.27. The fraction of sp³-hybridized carbons (Fsp3) is 0. The van der Waals surface area contributed by atoms with Crippen LogP contribution >= 0.6 is 11.7 Å². The van der Waals surface area contributed by atoms with E-state index in [1.54, 1.807) is 30.3 Å². The van der Waals surface area contributed by atoms with Crippen molar-refractivity contribution in [2.24, 2.45) is 0 Å². The lowest BCUT2D eigenvalue weighted by atomic mass is 9.96. The molecular formula is C16H8N2O3S. The summed E-state index contributed by atoms with van der Waals surface area (Å²) < 4.78 is 13.1. The van der Waals surface area contributed by atoms with Crippen LogP contribution in [0.3, 0.4) is 0 Å². The molecule has 0 spiro atoms. The van der Waals surface area contributed by atoms with Crippen LogP contribution in [0, 0.1) is 0 Å². The number of hydrogen-bond donors (Lipinski definition) is 0. The van der Waals surface area contributed by atoms with Crippen LogP contribution < -0.4 is 0 Å². The minimum Gasteiger partial charge on any atom is -0.386 e. The molecule has 22 heavy (non-hydrogen) atoms. The Hall–Kier alpha value is -2.86. The summed E-state index contributed by atoms with van der Waals surface area (Å²) in [6.45, 7) is 0. The van der Waals surface area contributed by atoms with Crippen molar-refractivity contribution in [3.8, 4) is 0 Å². The third-order valence-electron chi connectivity index (χ3n) is 3.45. The molecule has 1 aromatic heterocycles. The van der Waals surface area contributed by atoms with Crippen molar-refractivity contribution in [1.29, 1.82) is 0 Å². The van der Waals surface area contributed by atoms with Crippen molar-refractivity contribution in [1.82, 2.24) is 8.75 Å². The van der Waals surface area contributed by atoms with Crippen LogP contribution in [0.2, 0.25) is 0 Å². The van der Waals surface area contributed by atoms with Gasteiger partial charge in [0.25, 0.3) is 0 Å². The smallest absolute Gasteiger partial charge is 0.347 e. The number of esters is 2. The Kier molecular flexibility index (Phi) is 2.83. The number of fused-ring (bicyclic) bond motifs is 1. The number of rotatable bonds is 2. The number of carbonyl (C=O) groups excluding carboxylic acids is 2. The van der Waals surface area contributed by atoms with Gasteiger partial charge in [0.15, 0.2) is 0 Å². The highest BCUT2D eigenvalue weighted by Crippen LogP contribution is 2.34. The van der Waals surface area contributed by atoms with E-state index in [1.165, 1.54) is 0 Å². The Morgan fingerprint density at radius 2 is 1.45 bits per heavy atom. The molecule has 0 atom stereocenters. The number of hydrogen-bond acceptors (Lipinski definition) is 6. The molecule has 0 bridgehead atoms. The Bertz CT molecular complexity index is 944. The van der Waals surface area contributed by atoms with Gasteiger partial charge in [-0.3, -0.25) is 0 Å². The number of carbonyl (C=O) groups is 2. The van der Waals surface area contributed by atoms with Gasteiger partial charge in [-0.1, -0.05) is 36.4 Å². The van der Waals surface area contributed by atoms with Gasteiger partial charge in [-0.15, -0.1) is 0 Å². The third-order valence-corrected chi connectivity index (χ3v) is 4.01. The normalized spacial score (nSPS) is 14.7. The van der Waals surface area contributed by atoms with E-state index in [0.717, 1.165) is 17.2 Å². The van der Waals surface area contributed by atoms with Gasteiger partial charge >= 0.3 is 11.9 Å². The minimum atomic E-state index is -0.633. The number of cyclic esters (lactones) is 2. The quantitative estimate of drug-likeness (QED) is 0.538. The maximum Gasteiger partial charge on any atom is 0.347 e. The van der Waals surface area contributed by atoms with Crippen LogP contribution in [0.25, 0.3) is 22.2 Å². The van der Waals surface area contributed by atoms with Crippen LogP contribution in [0.5, 0.6) is 0 Å². The van der Waals surface area contributed by atoms with E-state index in [9.17, 15) is 9.59 Å². The first kappa shape index (κ1) is 12.8. The van der Waals surface area contributed by atoms with Gasteiger partial charge in [-0.2, -0.15) is 8.75 Å². The Labute approximate surface area is 129 Å². The van der Waals surface area contributed by atoms with Crippen LogP contribution in [0.4, 0.5) is 0 Å². The van der Waals surface area contributed by atoms with Crippen molar-refractivity contribution >= 4 is 45.8 Å². The minimum absolute atomic E-state index is 0.270. The van der Waals surface area contributed by atoms with E-state index >= 15 is 0 Å². The lowest BCUT2D eigenvalue weighted by Gasteiger charge is -2.03. The van der Waals surface area contributed by atoms with Crippen LogP contribution in [-0.4, -0.2) is 20.7 Å². The van der Waals surface area contributed by atoms with Gasteiger partial charge in [0, 0.05) is 0 Å². The first-order valence-electron chi connectivity index (χ1n) is 6.53. The van der Waals surface area contributed by atoms with Crippen molar-refractivity contribution in [3.63, 3.8) is 0 Å². The first-order valence-corrected chi connectivity index (χ1v) is 7.26. The molecule has 0 N–H and O–H groups in total. The molecule has 0 unspecified atom stereocenters. The third kappa shape index (κ3) is 1.93. The van der Waals surface area contributed by atoms with Gasteiger partial charge < -0.3 is 4.74 Å². The molecular weight excluding hydrogens is 300 g/mol. The van der Waals surface area contributed by atoms with E-state index < -0.39 is 11.9 Å². The van der Waals surface area contributed by atoms with E-state index in [0.29, 0.717) is 16.6 Å². The lowest BCUT2D eigenvalue weighted by Crippen LogP contribution is -2.02. The summed E-state index contributed by atoms with van der Waals surface area (Å²) in [5, 5.41) is 0. The molecule has 0 saturated heterocycles. The van der Waals surface area contributed by atoms with Crippen LogP contribution in [0.15, 0.2) is 48.5 Å². The zero-order valence-corrected chi connectivity index (χ0v) is 12.0. The van der Waals surface area contributed by atoms with Gasteiger partial charge in [0.1, 0.15) is 11.0 Å². The Morgan fingerprint density at radius 1 is 0.773 bits per heavy atom. The van der Waals surface area contributed by atoms with E-state index in [1.807, 2.05) is 18.2 Å². The summed E-state index contributed by atoms with van der Waals surface area (Å²) in [7, 11) is 0. The highest BCUT2D eigenvalue weighted by molar-refractivity contribution is 7.00. The Balaban J connectivity index is 1.97. The van der Waals surface area contributed by atoms with Gasteiger partial charge in [-0.05, 0) is 23.3 Å². The predicted octanol–water partition coefficient (Wildman–Crippen LogP) is 2.69. The van der Waals surface area contributed by atoms with E-state index in [-0.39, 0.29) is 11.1 Å². The topological polar surface area (TPSA) is 69.2 Å². The van der Waals surface area contributed by atoms with Gasteiger partial charge in [0.2, 0.25) is 0 Å². The maximum atomic E-state index is 12.1. The zero-order valence-electron chi connectivity index (χ0n) is 11.1. The molecule has 5 nitrogen and oxygen atoms in total. The summed E-state index contributed by atoms with van der Waals surface area (Å²) in [6, 6.07) is 14.3. The highest BCUT2D eigenvalue weighted by atomic mass is 32.1. The summed E-state index contributed by atoms with van der Waals surface area (Å²) in [6.07, 6.45) is 0. The number of ether oxygens (including phenoxy) is 1. The average Bonchev–Trinajstić information content (AvgIpc) is 3.11. The molecule has 6 heteroatoms. The summed E-state index contributed by atoms with van der Waals surface area (Å²) in [4.78, 5) is 24.2. The molecule has 0 saturated carbocycles. The van der Waals surface area contributed by atoms with Crippen molar-refractivity contribution < 1.29 is 14.3 Å². The number of benzene rings is 2. The number of aromatic nitrogens is 2. The molecule has 2 aromatic carbocycles. The molecule has 0 aliphatic carbocycles. The second-order valence-electron chi connectivity index (χ2n) is 4.76. The second-order valence-corrected chi connectivity index (χ2v) is 5.29. The molecule has 106 valence electrons. The second kappa shape index (κ2) is 4.85. The van der Waals surface area contributed by atoms with Crippen LogP contribution in [-0.2, 0) is 14.3 Å². The van der Waals surface area contributed by atoms with E-state index in [2.05, 4.69) is 8.75 Å². The fourth-order valence-electron chi connectivity index (χ4n) is 2.46. The van der Waals surface area contributed by atoms with Gasteiger partial charge in [0.05, 0.1) is 22.9 Å². The molecule has 3 aromatic rings. The average molecular weight is 308 g/mol. The first-order chi connectivity index (χ1) is 10.7. The predicted molar refractivity (Wildman–Crippen MR) is 81.8 cm³/mol. The summed E-state index contributed by atoms with van der Waals surface area (Å²) in [5.74, 6) is -1.26. The van der Waals surface area contributed by atoms with Gasteiger partial charge in [-0.25, -0.2) is 9.59 Å². The fourth-order valence-corrected chi connectivity index (χ4v) is 2.97. The molecule has 4 rings (SSSR count). The summed E-state index contributed by atoms with van der Waals surface area (Å²) >= 11 is 1.10. The van der Waals surface area contributed by atoms with E-state index in [4.69, 9.17) is 4.74 Å². The standard InChI is InChI=1S/C16H8N2O3S/c19-15-13(9-4-2-1-3-5-9)14(16(20)21-15)10-6-7-11-12(8-10)18-22-17-11/h1-8H. The molecule has 0 amide bonds. The van der Waals surface area contributed by atoms with Crippen molar-refractivity contribution in [3.05, 3.63) is 59.7 Å². The monoisotopic (exact) mass is 308 g/mol. The Morgan fingerprint density at radius 3 is 2.23 bits per heavy atom. The van der Waals surface area contributed by atoms with Crippen molar-refractivity contribution in [2.45, 2.75) is 0 Å². The largest absolute Gasteiger partial charge is 0.386 e. The molecule has 1 aliphatic rings. The highest BCUT2D eigenvalue weighted by Gasteiger charge is 2.34. The molecule has 2 heterocycles. The number of nitrogens with zero attached hydrogens (tertiary/aromatic N) is 2. The maximum absolute atomic E-state index is 12.1.